The number of nitrogens with zero attached hydrogens (tertiary/aromatic N) is 3. The van der Waals surface area contributed by atoms with Crippen LogP contribution in [0.1, 0.15) is 55.8 Å². The topological polar surface area (TPSA) is 68.9 Å². The van der Waals surface area contributed by atoms with Crippen molar-refractivity contribution in [3.05, 3.63) is 68.1 Å². The van der Waals surface area contributed by atoms with Gasteiger partial charge in [0.2, 0.25) is 0 Å². The lowest BCUT2D eigenvalue weighted by Crippen LogP contribution is -2.26. The van der Waals surface area contributed by atoms with Crippen LogP contribution in [0.15, 0.2) is 40.1 Å². The smallest absolute Gasteiger partial charge is 0.274 e. The van der Waals surface area contributed by atoms with Crippen molar-refractivity contribution in [2.45, 2.75) is 44.7 Å². The van der Waals surface area contributed by atoms with E-state index in [1.165, 1.54) is 38.1 Å². The molecule has 0 unspecified atom stereocenters. The number of aromatic nitrogens is 3. The zero-order valence-corrected chi connectivity index (χ0v) is 17.7. The van der Waals surface area contributed by atoms with E-state index in [0.29, 0.717) is 17.2 Å². The van der Waals surface area contributed by atoms with Crippen molar-refractivity contribution in [3.8, 4) is 0 Å². The highest BCUT2D eigenvalue weighted by molar-refractivity contribution is 5.90. The summed E-state index contributed by atoms with van der Waals surface area (Å²) in [7, 11) is 1.46. The van der Waals surface area contributed by atoms with Gasteiger partial charge in [-0.3, -0.25) is 9.59 Å². The van der Waals surface area contributed by atoms with Gasteiger partial charge in [0, 0.05) is 36.3 Å². The van der Waals surface area contributed by atoms with Crippen LogP contribution < -0.4 is 16.4 Å². The van der Waals surface area contributed by atoms with Gasteiger partial charge in [-0.1, -0.05) is 18.2 Å². The summed E-state index contributed by atoms with van der Waals surface area (Å²) in [4.78, 5) is 25.3. The van der Waals surface area contributed by atoms with E-state index >= 15 is 0 Å². The Morgan fingerprint density at radius 3 is 2.56 bits per heavy atom. The second-order valence-corrected chi connectivity index (χ2v) is 8.85. The number of anilines is 1. The minimum Gasteiger partial charge on any atom is -0.361 e. The first-order valence-electron chi connectivity index (χ1n) is 10.7. The first-order valence-corrected chi connectivity index (χ1v) is 10.7. The second kappa shape index (κ2) is 7.50. The molecule has 2 fully saturated rings. The van der Waals surface area contributed by atoms with Crippen LogP contribution >= 0.6 is 0 Å². The number of alkyl halides is 2. The van der Waals surface area contributed by atoms with Gasteiger partial charge < -0.3 is 9.88 Å². The van der Waals surface area contributed by atoms with Gasteiger partial charge in [-0.2, -0.15) is 5.10 Å². The maximum Gasteiger partial charge on any atom is 0.274 e. The highest BCUT2D eigenvalue weighted by Crippen LogP contribution is 2.56. The zero-order valence-electron chi connectivity index (χ0n) is 17.7. The number of benzene rings is 1. The van der Waals surface area contributed by atoms with Crippen LogP contribution in [0.3, 0.4) is 0 Å². The Morgan fingerprint density at radius 2 is 1.88 bits per heavy atom. The van der Waals surface area contributed by atoms with Gasteiger partial charge in [0.15, 0.2) is 5.82 Å². The number of aryl methyl sites for hydroxylation is 1. The third-order valence-corrected chi connectivity index (χ3v) is 6.61. The van der Waals surface area contributed by atoms with Crippen molar-refractivity contribution in [1.82, 2.24) is 14.3 Å². The molecule has 2 aliphatic rings. The van der Waals surface area contributed by atoms with Gasteiger partial charge in [0.05, 0.1) is 17.0 Å². The van der Waals surface area contributed by atoms with Gasteiger partial charge in [-0.05, 0) is 38.0 Å². The minimum absolute atomic E-state index is 0.0657. The molecule has 2 saturated carbocycles. The van der Waals surface area contributed by atoms with Gasteiger partial charge in [0.1, 0.15) is 5.82 Å². The van der Waals surface area contributed by atoms with Crippen LogP contribution in [0, 0.1) is 17.7 Å². The monoisotopic (exact) mass is 444 g/mol. The maximum atomic E-state index is 14.6. The van der Waals surface area contributed by atoms with E-state index in [4.69, 9.17) is 0 Å². The molecule has 2 aromatic heterocycles. The maximum absolute atomic E-state index is 14.6. The number of nitrogens with one attached hydrogen (secondary N) is 1. The summed E-state index contributed by atoms with van der Waals surface area (Å²) in [6.45, 7) is 1.63. The molecular weight excluding hydrogens is 421 g/mol. The summed E-state index contributed by atoms with van der Waals surface area (Å²) in [5, 5.41) is 8.00. The zero-order chi connectivity index (χ0) is 22.7. The van der Waals surface area contributed by atoms with E-state index in [9.17, 15) is 22.8 Å². The van der Waals surface area contributed by atoms with Gasteiger partial charge in [-0.15, -0.1) is 0 Å². The molecule has 3 aromatic rings. The van der Waals surface area contributed by atoms with Gasteiger partial charge >= 0.3 is 0 Å². The molecule has 0 amide bonds. The average Bonchev–Trinajstić information content (AvgIpc) is 3.64. The lowest BCUT2D eigenvalue weighted by Gasteiger charge is -2.19. The van der Waals surface area contributed by atoms with Crippen LogP contribution in [0.4, 0.5) is 19.0 Å². The standard InChI is InChI=1S/C23H23F3N4O2/c1-11(13-4-3-5-14(20(13)24)21(25)26)27-22-17-10-30(18-8-15(18)12-6-7-12)19(31)9-16(17)23(32)29(2)28-22/h3-5,9-12,15,18,21H,6-8H2,1-2H3,(H,27,28)/t11-,15+,18-/m1/s1. The lowest BCUT2D eigenvalue weighted by molar-refractivity contribution is 0.146. The number of hydrogen-bond donors (Lipinski definition) is 1. The molecule has 9 heteroatoms. The highest BCUT2D eigenvalue weighted by atomic mass is 19.3. The second-order valence-electron chi connectivity index (χ2n) is 8.85. The van der Waals surface area contributed by atoms with Crippen LogP contribution in [0.25, 0.3) is 10.8 Å². The van der Waals surface area contributed by atoms with Crippen molar-refractivity contribution in [3.63, 3.8) is 0 Å². The third kappa shape index (κ3) is 3.49. The number of halogens is 3. The molecule has 2 aliphatic carbocycles. The lowest BCUT2D eigenvalue weighted by atomic mass is 10.0. The van der Waals surface area contributed by atoms with Crippen molar-refractivity contribution in [2.24, 2.45) is 18.9 Å². The number of rotatable bonds is 6. The summed E-state index contributed by atoms with van der Waals surface area (Å²) in [5.74, 6) is 0.478. The summed E-state index contributed by atoms with van der Waals surface area (Å²) in [6, 6.07) is 4.61. The predicted molar refractivity (Wildman–Crippen MR) is 115 cm³/mol. The molecular formula is C23H23F3N4O2. The first kappa shape index (κ1) is 20.8. The van der Waals surface area contributed by atoms with Gasteiger partial charge in [-0.25, -0.2) is 17.9 Å². The Kier molecular flexibility index (Phi) is 4.87. The summed E-state index contributed by atoms with van der Waals surface area (Å²) >= 11 is 0. The van der Waals surface area contributed by atoms with E-state index in [1.807, 2.05) is 0 Å². The summed E-state index contributed by atoms with van der Waals surface area (Å²) in [5.41, 5.74) is -1.24. The number of pyridine rings is 1. The molecule has 0 radical (unpaired) electrons. The fourth-order valence-electron chi connectivity index (χ4n) is 4.61. The van der Waals surface area contributed by atoms with Crippen molar-refractivity contribution >= 4 is 16.6 Å². The largest absolute Gasteiger partial charge is 0.361 e. The summed E-state index contributed by atoms with van der Waals surface area (Å²) < 4.78 is 43.7. The molecule has 0 saturated heterocycles. The molecule has 3 atom stereocenters. The molecule has 1 N–H and O–H groups in total. The molecule has 0 aliphatic heterocycles. The SMILES string of the molecule is C[C@@H](Nc1nn(C)c(=O)c2cc(=O)n([C@@H]3C[C@H]3C3CC3)cc12)c1cccc(C(F)F)c1F. The Bertz CT molecular complexity index is 1330. The van der Waals surface area contributed by atoms with E-state index in [0.717, 1.165) is 17.2 Å². The Labute approximate surface area is 181 Å². The molecule has 168 valence electrons. The molecule has 5 rings (SSSR count). The Hall–Kier alpha value is -3.10. The predicted octanol–water partition coefficient (Wildman–Crippen LogP) is 4.32. The molecule has 0 bridgehead atoms. The van der Waals surface area contributed by atoms with Crippen LogP contribution in [0.2, 0.25) is 0 Å². The van der Waals surface area contributed by atoms with E-state index in [-0.39, 0.29) is 28.4 Å². The van der Waals surface area contributed by atoms with E-state index in [1.54, 1.807) is 17.7 Å². The normalized spacial score (nSPS) is 21.2. The van der Waals surface area contributed by atoms with Crippen molar-refractivity contribution in [2.75, 3.05) is 5.32 Å². The van der Waals surface area contributed by atoms with E-state index < -0.39 is 29.4 Å². The Morgan fingerprint density at radius 1 is 1.16 bits per heavy atom. The van der Waals surface area contributed by atoms with Crippen LogP contribution in [-0.2, 0) is 7.05 Å². The van der Waals surface area contributed by atoms with Crippen molar-refractivity contribution < 1.29 is 13.2 Å². The Balaban J connectivity index is 1.56. The summed E-state index contributed by atoms with van der Waals surface area (Å²) in [6.07, 6.45) is 2.06. The number of hydrogen-bond acceptors (Lipinski definition) is 4. The van der Waals surface area contributed by atoms with Crippen LogP contribution in [0.5, 0.6) is 0 Å². The average molecular weight is 444 g/mol. The number of fused-ring (bicyclic) bond motifs is 1. The third-order valence-electron chi connectivity index (χ3n) is 6.61. The quantitative estimate of drug-likeness (QED) is 0.615. The highest BCUT2D eigenvalue weighted by Gasteiger charge is 2.48. The van der Waals surface area contributed by atoms with Crippen molar-refractivity contribution in [1.29, 1.82) is 0 Å². The minimum atomic E-state index is -2.92. The fraction of sp³-hybridized carbons (Fsp3) is 0.435. The molecule has 32 heavy (non-hydrogen) atoms. The van der Waals surface area contributed by atoms with Gasteiger partial charge in [0.25, 0.3) is 17.5 Å². The molecule has 6 nitrogen and oxygen atoms in total. The molecule has 2 heterocycles. The molecule has 1 aromatic carbocycles. The van der Waals surface area contributed by atoms with Crippen LogP contribution in [-0.4, -0.2) is 14.3 Å². The first-order chi connectivity index (χ1) is 15.3. The fourth-order valence-corrected chi connectivity index (χ4v) is 4.61. The van der Waals surface area contributed by atoms with E-state index in [2.05, 4.69) is 10.4 Å². The molecule has 0 spiro atoms.